The number of hydrogen-bond donors (Lipinski definition) is 2. The molecular weight excluding hydrogens is 438 g/mol. The van der Waals surface area contributed by atoms with Gasteiger partial charge in [-0.3, -0.25) is 4.79 Å². The summed E-state index contributed by atoms with van der Waals surface area (Å²) in [5.41, 5.74) is 13.3. The van der Waals surface area contributed by atoms with Crippen LogP contribution in [0.5, 0.6) is 0 Å². The number of aromatic nitrogens is 2. The highest BCUT2D eigenvalue weighted by Crippen LogP contribution is 2.37. The Kier molecular flexibility index (Phi) is 6.24. The summed E-state index contributed by atoms with van der Waals surface area (Å²) in [5.74, 6) is 0. The van der Waals surface area contributed by atoms with Crippen molar-refractivity contribution in [1.82, 2.24) is 9.97 Å². The Balaban J connectivity index is 0.00000245. The van der Waals surface area contributed by atoms with Crippen LogP contribution in [-0.2, 0) is 6.54 Å². The van der Waals surface area contributed by atoms with E-state index < -0.39 is 0 Å². The van der Waals surface area contributed by atoms with Gasteiger partial charge in [-0.15, -0.1) is 23.7 Å². The zero-order valence-electron chi connectivity index (χ0n) is 17.5. The van der Waals surface area contributed by atoms with Gasteiger partial charge in [-0.2, -0.15) is 0 Å². The fraction of sp³-hybridized carbons (Fsp3) is 0.0769. The fourth-order valence-electron chi connectivity index (χ4n) is 3.85. The van der Waals surface area contributed by atoms with Gasteiger partial charge in [0.15, 0.2) is 0 Å². The van der Waals surface area contributed by atoms with E-state index in [1.807, 2.05) is 60.7 Å². The van der Waals surface area contributed by atoms with Crippen molar-refractivity contribution in [2.75, 3.05) is 0 Å². The Hall–Kier alpha value is -3.25. The molecule has 160 valence electrons. The van der Waals surface area contributed by atoms with Crippen LogP contribution in [0.1, 0.15) is 11.1 Å². The Morgan fingerprint density at radius 2 is 1.72 bits per heavy atom. The summed E-state index contributed by atoms with van der Waals surface area (Å²) in [6.07, 6.45) is 1.78. The van der Waals surface area contributed by atoms with Crippen molar-refractivity contribution in [3.8, 4) is 32.8 Å². The average Bonchev–Trinajstić information content (AvgIpc) is 3.25. The Labute approximate surface area is 196 Å². The highest BCUT2D eigenvalue weighted by atomic mass is 35.5. The number of pyridine rings is 2. The van der Waals surface area contributed by atoms with E-state index in [2.05, 4.69) is 23.4 Å². The lowest BCUT2D eigenvalue weighted by Crippen LogP contribution is -2.08. The molecule has 0 bridgehead atoms. The lowest BCUT2D eigenvalue weighted by atomic mass is 9.96. The molecule has 0 aliphatic carbocycles. The van der Waals surface area contributed by atoms with Crippen LogP contribution in [0.4, 0.5) is 0 Å². The normalized spacial score (nSPS) is 10.8. The Bertz CT molecular complexity index is 1440. The van der Waals surface area contributed by atoms with E-state index >= 15 is 0 Å². The fourth-order valence-corrected chi connectivity index (χ4v) is 4.80. The highest BCUT2D eigenvalue weighted by Gasteiger charge is 2.17. The van der Waals surface area contributed by atoms with Crippen LogP contribution in [-0.4, -0.2) is 9.97 Å². The lowest BCUT2D eigenvalue weighted by Gasteiger charge is -2.14. The van der Waals surface area contributed by atoms with Gasteiger partial charge in [0, 0.05) is 34.3 Å². The molecule has 3 aromatic heterocycles. The maximum Gasteiger partial charge on any atom is 0.257 e. The van der Waals surface area contributed by atoms with Crippen molar-refractivity contribution < 1.29 is 0 Å². The minimum Gasteiger partial charge on any atom is -0.328 e. The molecule has 0 radical (unpaired) electrons. The summed E-state index contributed by atoms with van der Waals surface area (Å²) in [4.78, 5) is 21.9. The van der Waals surface area contributed by atoms with Crippen LogP contribution in [0.2, 0.25) is 0 Å². The SMILES string of the molecule is Cc1ccsc1-c1c[nH]c(=O)c2cc(-c3ccccc3)c(-c3ccc(CN)cc3)nc12.Cl. The minimum atomic E-state index is -0.136. The van der Waals surface area contributed by atoms with E-state index in [4.69, 9.17) is 10.7 Å². The molecule has 5 rings (SSSR count). The van der Waals surface area contributed by atoms with Crippen molar-refractivity contribution >= 4 is 34.6 Å². The second kappa shape index (κ2) is 9.09. The van der Waals surface area contributed by atoms with Gasteiger partial charge in [-0.1, -0.05) is 54.6 Å². The second-order valence-corrected chi connectivity index (χ2v) is 8.43. The summed E-state index contributed by atoms with van der Waals surface area (Å²) < 4.78 is 0. The number of nitrogens with two attached hydrogens (primary N) is 1. The van der Waals surface area contributed by atoms with Crippen molar-refractivity contribution in [3.05, 3.63) is 99.8 Å². The number of thiophene rings is 1. The predicted molar refractivity (Wildman–Crippen MR) is 136 cm³/mol. The first-order valence-corrected chi connectivity index (χ1v) is 11.0. The van der Waals surface area contributed by atoms with Crippen LogP contribution < -0.4 is 11.3 Å². The summed E-state index contributed by atoms with van der Waals surface area (Å²) in [6.45, 7) is 2.57. The molecule has 0 spiro atoms. The molecule has 0 aliphatic heterocycles. The number of fused-ring (bicyclic) bond motifs is 1. The molecular formula is C26H22ClN3OS. The monoisotopic (exact) mass is 459 g/mol. The quantitative estimate of drug-likeness (QED) is 0.337. The first kappa shape index (κ1) is 22.0. The number of nitrogens with zero attached hydrogens (tertiary/aromatic N) is 1. The number of aromatic amines is 1. The average molecular weight is 460 g/mol. The Morgan fingerprint density at radius 1 is 0.969 bits per heavy atom. The Morgan fingerprint density at radius 3 is 2.38 bits per heavy atom. The van der Waals surface area contributed by atoms with Crippen LogP contribution >= 0.6 is 23.7 Å². The van der Waals surface area contributed by atoms with E-state index in [1.165, 1.54) is 5.56 Å². The van der Waals surface area contributed by atoms with E-state index in [0.29, 0.717) is 17.4 Å². The number of benzene rings is 2. The van der Waals surface area contributed by atoms with Gasteiger partial charge in [0.25, 0.3) is 5.56 Å². The number of aryl methyl sites for hydroxylation is 1. The van der Waals surface area contributed by atoms with Crippen LogP contribution in [0, 0.1) is 6.92 Å². The molecule has 6 heteroatoms. The molecule has 0 aliphatic rings. The standard InChI is InChI=1S/C26H21N3OS.ClH/c1-16-11-12-31-25(16)22-15-28-26(30)21-13-20(18-5-3-2-4-6-18)23(29-24(21)22)19-9-7-17(14-27)8-10-19;/h2-13,15H,14,27H2,1H3,(H,28,30);1H. The van der Waals surface area contributed by atoms with Crippen molar-refractivity contribution in [1.29, 1.82) is 0 Å². The van der Waals surface area contributed by atoms with Crippen LogP contribution in [0.25, 0.3) is 43.7 Å². The third-order valence-electron chi connectivity index (χ3n) is 5.52. The molecule has 4 nitrogen and oxygen atoms in total. The molecule has 5 aromatic rings. The van der Waals surface area contributed by atoms with Crippen molar-refractivity contribution in [3.63, 3.8) is 0 Å². The summed E-state index contributed by atoms with van der Waals surface area (Å²) in [6, 6.07) is 22.3. The molecule has 0 amide bonds. The number of halogens is 1. The number of hydrogen-bond acceptors (Lipinski definition) is 4. The number of nitrogens with one attached hydrogen (secondary N) is 1. The molecule has 0 atom stereocenters. The highest BCUT2D eigenvalue weighted by molar-refractivity contribution is 7.13. The molecule has 0 saturated heterocycles. The zero-order chi connectivity index (χ0) is 21.4. The lowest BCUT2D eigenvalue weighted by molar-refractivity contribution is 1.07. The van der Waals surface area contributed by atoms with Gasteiger partial charge in [-0.05, 0) is 41.1 Å². The smallest absolute Gasteiger partial charge is 0.257 e. The third kappa shape index (κ3) is 3.86. The molecule has 3 heterocycles. The molecule has 3 N–H and O–H groups in total. The molecule has 0 saturated carbocycles. The van der Waals surface area contributed by atoms with E-state index in [1.54, 1.807) is 17.5 Å². The van der Waals surface area contributed by atoms with Gasteiger partial charge in [-0.25, -0.2) is 4.98 Å². The molecule has 2 aromatic carbocycles. The van der Waals surface area contributed by atoms with Gasteiger partial charge in [0.05, 0.1) is 16.6 Å². The topological polar surface area (TPSA) is 71.8 Å². The largest absolute Gasteiger partial charge is 0.328 e. The van der Waals surface area contributed by atoms with E-state index in [-0.39, 0.29) is 18.0 Å². The maximum atomic E-state index is 12.8. The van der Waals surface area contributed by atoms with Gasteiger partial charge >= 0.3 is 0 Å². The zero-order valence-corrected chi connectivity index (χ0v) is 19.1. The summed E-state index contributed by atoms with van der Waals surface area (Å²) >= 11 is 1.65. The summed E-state index contributed by atoms with van der Waals surface area (Å²) in [7, 11) is 0. The predicted octanol–water partition coefficient (Wildman–Crippen LogP) is 6.17. The maximum absolute atomic E-state index is 12.8. The molecule has 0 fully saturated rings. The van der Waals surface area contributed by atoms with Crippen molar-refractivity contribution in [2.24, 2.45) is 5.73 Å². The first-order valence-electron chi connectivity index (χ1n) is 10.1. The molecule has 0 unspecified atom stereocenters. The van der Waals surface area contributed by atoms with E-state index in [9.17, 15) is 4.79 Å². The van der Waals surface area contributed by atoms with Gasteiger partial charge in [0.2, 0.25) is 0 Å². The second-order valence-electron chi connectivity index (χ2n) is 7.51. The molecule has 32 heavy (non-hydrogen) atoms. The summed E-state index contributed by atoms with van der Waals surface area (Å²) in [5, 5.41) is 2.65. The minimum absolute atomic E-state index is 0. The van der Waals surface area contributed by atoms with Crippen LogP contribution in [0.3, 0.4) is 0 Å². The first-order chi connectivity index (χ1) is 15.2. The van der Waals surface area contributed by atoms with Gasteiger partial charge < -0.3 is 10.7 Å². The van der Waals surface area contributed by atoms with Crippen molar-refractivity contribution in [2.45, 2.75) is 13.5 Å². The number of H-pyrrole nitrogens is 1. The number of rotatable bonds is 4. The third-order valence-corrected chi connectivity index (χ3v) is 6.57. The van der Waals surface area contributed by atoms with Crippen LogP contribution in [0.15, 0.2) is 83.1 Å². The van der Waals surface area contributed by atoms with Gasteiger partial charge in [0.1, 0.15) is 0 Å². The van der Waals surface area contributed by atoms with E-state index in [0.717, 1.165) is 38.4 Å².